The fourth-order valence-electron chi connectivity index (χ4n) is 1.57. The average molecular weight is 237 g/mol. The highest BCUT2D eigenvalue weighted by molar-refractivity contribution is 5.83. The van der Waals surface area contributed by atoms with Gasteiger partial charge in [-0.25, -0.2) is 4.79 Å². The molecule has 1 amide bonds. The van der Waals surface area contributed by atoms with Gasteiger partial charge in [-0.2, -0.15) is 0 Å². The molecule has 1 aromatic carbocycles. The van der Waals surface area contributed by atoms with Gasteiger partial charge in [-0.15, -0.1) is 0 Å². The fraction of sp³-hybridized carbons (Fsp3) is 0.333. The van der Waals surface area contributed by atoms with Crippen molar-refractivity contribution in [1.29, 1.82) is 0 Å². The molecule has 2 N–H and O–H groups in total. The highest BCUT2D eigenvalue weighted by Crippen LogP contribution is 2.22. The Hall–Kier alpha value is -2.04. The highest BCUT2D eigenvalue weighted by Gasteiger charge is 2.21. The van der Waals surface area contributed by atoms with Gasteiger partial charge in [-0.05, 0) is 30.2 Å². The summed E-state index contributed by atoms with van der Waals surface area (Å²) in [7, 11) is 1.55. The summed E-state index contributed by atoms with van der Waals surface area (Å²) >= 11 is 0. The minimum absolute atomic E-state index is 0.383. The van der Waals surface area contributed by atoms with E-state index in [0.717, 1.165) is 5.56 Å². The monoisotopic (exact) mass is 237 g/mol. The molecule has 1 unspecified atom stereocenters. The van der Waals surface area contributed by atoms with Crippen LogP contribution in [0.1, 0.15) is 24.1 Å². The molecule has 0 aliphatic rings. The molecule has 1 aromatic rings. The molecule has 1 rings (SSSR count). The van der Waals surface area contributed by atoms with Gasteiger partial charge in [-0.1, -0.05) is 6.07 Å². The molecule has 0 spiro atoms. The number of aliphatic carboxylic acids is 1. The standard InChI is InChI=1S/C12H15NO4/c1-7-6-9(4-5-10(7)17-3)11(12(15)16)13-8(2)14/h4-6,11H,1-3H3,(H,13,14)(H,15,16). The summed E-state index contributed by atoms with van der Waals surface area (Å²) in [5, 5.41) is 11.4. The minimum Gasteiger partial charge on any atom is -0.496 e. The van der Waals surface area contributed by atoms with E-state index < -0.39 is 12.0 Å². The van der Waals surface area contributed by atoms with Crippen molar-refractivity contribution in [2.45, 2.75) is 19.9 Å². The van der Waals surface area contributed by atoms with Gasteiger partial charge in [0.2, 0.25) is 5.91 Å². The summed E-state index contributed by atoms with van der Waals surface area (Å²) in [6.45, 7) is 3.10. The number of ether oxygens (including phenoxy) is 1. The average Bonchev–Trinajstić information content (AvgIpc) is 2.25. The van der Waals surface area contributed by atoms with Crippen molar-refractivity contribution in [3.05, 3.63) is 29.3 Å². The first-order valence-corrected chi connectivity index (χ1v) is 5.10. The van der Waals surface area contributed by atoms with Crippen molar-refractivity contribution in [2.75, 3.05) is 7.11 Å². The number of amides is 1. The number of carboxylic acids is 1. The summed E-state index contributed by atoms with van der Waals surface area (Å²) in [6.07, 6.45) is 0. The molecule has 0 aromatic heterocycles. The van der Waals surface area contributed by atoms with Crippen LogP contribution in [0.3, 0.4) is 0 Å². The van der Waals surface area contributed by atoms with Gasteiger partial charge < -0.3 is 15.2 Å². The molecular weight excluding hydrogens is 222 g/mol. The van der Waals surface area contributed by atoms with Gasteiger partial charge in [0, 0.05) is 6.92 Å². The second-order valence-electron chi connectivity index (χ2n) is 3.70. The number of methoxy groups -OCH3 is 1. The molecule has 0 aliphatic carbocycles. The maximum Gasteiger partial charge on any atom is 0.330 e. The Balaban J connectivity index is 3.06. The van der Waals surface area contributed by atoms with Gasteiger partial charge in [0.15, 0.2) is 6.04 Å². The number of nitrogens with one attached hydrogen (secondary N) is 1. The molecule has 0 saturated carbocycles. The van der Waals surface area contributed by atoms with Crippen LogP contribution in [-0.2, 0) is 9.59 Å². The van der Waals surface area contributed by atoms with Crippen LogP contribution in [0.5, 0.6) is 5.75 Å². The third-order valence-corrected chi connectivity index (χ3v) is 2.35. The lowest BCUT2D eigenvalue weighted by molar-refractivity contribution is -0.141. The van der Waals surface area contributed by atoms with Crippen molar-refractivity contribution in [1.82, 2.24) is 5.32 Å². The Labute approximate surface area is 99.4 Å². The lowest BCUT2D eigenvalue weighted by Gasteiger charge is -2.15. The minimum atomic E-state index is -1.09. The molecule has 0 bridgehead atoms. The fourth-order valence-corrected chi connectivity index (χ4v) is 1.57. The first-order chi connectivity index (χ1) is 7.95. The first-order valence-electron chi connectivity index (χ1n) is 5.10. The Bertz CT molecular complexity index is 442. The zero-order valence-electron chi connectivity index (χ0n) is 9.98. The van der Waals surface area contributed by atoms with Crippen molar-refractivity contribution >= 4 is 11.9 Å². The third kappa shape index (κ3) is 3.21. The largest absolute Gasteiger partial charge is 0.496 e. The van der Waals surface area contributed by atoms with E-state index in [2.05, 4.69) is 5.32 Å². The molecule has 0 fully saturated rings. The van der Waals surface area contributed by atoms with Crippen molar-refractivity contribution in [2.24, 2.45) is 0 Å². The Morgan fingerprint density at radius 2 is 2.06 bits per heavy atom. The smallest absolute Gasteiger partial charge is 0.330 e. The van der Waals surface area contributed by atoms with Crippen molar-refractivity contribution < 1.29 is 19.4 Å². The van der Waals surface area contributed by atoms with Crippen LogP contribution >= 0.6 is 0 Å². The molecule has 0 aliphatic heterocycles. The highest BCUT2D eigenvalue weighted by atomic mass is 16.5. The number of aryl methyl sites for hydroxylation is 1. The van der Waals surface area contributed by atoms with Gasteiger partial charge in [0.25, 0.3) is 0 Å². The number of carboxylic acid groups (broad SMARTS) is 1. The predicted molar refractivity (Wildman–Crippen MR) is 61.9 cm³/mol. The lowest BCUT2D eigenvalue weighted by Crippen LogP contribution is -2.32. The SMILES string of the molecule is COc1ccc(C(NC(C)=O)C(=O)O)cc1C. The number of carbonyl (C=O) groups is 2. The van der Waals surface area contributed by atoms with E-state index in [1.54, 1.807) is 25.3 Å². The van der Waals surface area contributed by atoms with E-state index in [1.807, 2.05) is 6.92 Å². The maximum absolute atomic E-state index is 11.1. The van der Waals surface area contributed by atoms with E-state index in [-0.39, 0.29) is 5.91 Å². The maximum atomic E-state index is 11.1. The Kier molecular flexibility index (Phi) is 4.09. The Morgan fingerprint density at radius 1 is 1.41 bits per heavy atom. The van der Waals surface area contributed by atoms with E-state index in [1.165, 1.54) is 6.92 Å². The predicted octanol–water partition coefficient (Wildman–Crippen LogP) is 1.27. The van der Waals surface area contributed by atoms with E-state index in [4.69, 9.17) is 9.84 Å². The number of carbonyl (C=O) groups excluding carboxylic acids is 1. The molecule has 17 heavy (non-hydrogen) atoms. The van der Waals surface area contributed by atoms with Crippen LogP contribution in [0.2, 0.25) is 0 Å². The van der Waals surface area contributed by atoms with Crippen LogP contribution < -0.4 is 10.1 Å². The van der Waals surface area contributed by atoms with Gasteiger partial charge >= 0.3 is 5.97 Å². The quantitative estimate of drug-likeness (QED) is 0.826. The molecule has 5 heteroatoms. The summed E-state index contributed by atoms with van der Waals surface area (Å²) in [5.74, 6) is -0.795. The molecule has 0 saturated heterocycles. The second-order valence-corrected chi connectivity index (χ2v) is 3.70. The molecule has 92 valence electrons. The van der Waals surface area contributed by atoms with Gasteiger partial charge in [0.1, 0.15) is 5.75 Å². The van der Waals surface area contributed by atoms with Crippen LogP contribution in [0.15, 0.2) is 18.2 Å². The van der Waals surface area contributed by atoms with E-state index in [0.29, 0.717) is 11.3 Å². The van der Waals surface area contributed by atoms with Crippen molar-refractivity contribution in [3.63, 3.8) is 0 Å². The molecule has 0 heterocycles. The molecule has 5 nitrogen and oxygen atoms in total. The zero-order chi connectivity index (χ0) is 13.0. The number of hydrogen-bond acceptors (Lipinski definition) is 3. The topological polar surface area (TPSA) is 75.6 Å². The van der Waals surface area contributed by atoms with Crippen LogP contribution in [0.25, 0.3) is 0 Å². The van der Waals surface area contributed by atoms with E-state index >= 15 is 0 Å². The normalized spacial score (nSPS) is 11.7. The van der Waals surface area contributed by atoms with Crippen molar-refractivity contribution in [3.8, 4) is 5.75 Å². The zero-order valence-corrected chi connectivity index (χ0v) is 9.98. The number of hydrogen-bond donors (Lipinski definition) is 2. The van der Waals surface area contributed by atoms with Gasteiger partial charge in [0.05, 0.1) is 7.11 Å². The number of benzene rings is 1. The molecular formula is C12H15NO4. The van der Waals surface area contributed by atoms with Crippen LogP contribution in [-0.4, -0.2) is 24.1 Å². The second kappa shape index (κ2) is 5.34. The first kappa shape index (κ1) is 13.0. The summed E-state index contributed by atoms with van der Waals surface area (Å²) < 4.78 is 5.09. The lowest BCUT2D eigenvalue weighted by atomic mass is 10.0. The molecule has 1 atom stereocenters. The van der Waals surface area contributed by atoms with Crippen LogP contribution in [0.4, 0.5) is 0 Å². The Morgan fingerprint density at radius 3 is 2.47 bits per heavy atom. The van der Waals surface area contributed by atoms with E-state index in [9.17, 15) is 9.59 Å². The summed E-state index contributed by atoms with van der Waals surface area (Å²) in [5.41, 5.74) is 1.34. The molecule has 0 radical (unpaired) electrons. The van der Waals surface area contributed by atoms with Gasteiger partial charge in [-0.3, -0.25) is 4.79 Å². The van der Waals surface area contributed by atoms with Crippen LogP contribution in [0, 0.1) is 6.92 Å². The summed E-state index contributed by atoms with van der Waals surface area (Å²) in [4.78, 5) is 22.0. The number of rotatable bonds is 4. The summed E-state index contributed by atoms with van der Waals surface area (Å²) in [6, 6.07) is 3.97. The third-order valence-electron chi connectivity index (χ3n) is 2.35.